The molecule has 116 valence electrons. The van der Waals surface area contributed by atoms with Crippen LogP contribution in [0.25, 0.3) is 0 Å². The van der Waals surface area contributed by atoms with Gasteiger partial charge in [-0.1, -0.05) is 26.7 Å². The Bertz CT molecular complexity index is 336. The highest BCUT2D eigenvalue weighted by atomic mass is 32.2. The summed E-state index contributed by atoms with van der Waals surface area (Å²) in [7, 11) is 0. The minimum absolute atomic E-state index is 0.0685. The Morgan fingerprint density at radius 2 is 1.85 bits per heavy atom. The van der Waals surface area contributed by atoms with Crippen molar-refractivity contribution in [1.82, 2.24) is 0 Å². The second-order valence-electron chi connectivity index (χ2n) is 7.60. The van der Waals surface area contributed by atoms with Crippen molar-refractivity contribution < 1.29 is 4.74 Å². The first-order valence-electron chi connectivity index (χ1n) is 8.56. The molecule has 2 nitrogen and oxygen atoms in total. The van der Waals surface area contributed by atoms with Gasteiger partial charge in [0, 0.05) is 12.1 Å². The van der Waals surface area contributed by atoms with Crippen LogP contribution in [0, 0.1) is 17.8 Å². The van der Waals surface area contributed by atoms with E-state index in [1.807, 2.05) is 0 Å². The SMILES string of the molecule is CC1CCCC(N)(C2CCOC3(CCSCC3)C2)C1C. The van der Waals surface area contributed by atoms with Crippen LogP contribution in [0.4, 0.5) is 0 Å². The van der Waals surface area contributed by atoms with E-state index in [0.29, 0.717) is 11.8 Å². The molecule has 2 N–H and O–H groups in total. The summed E-state index contributed by atoms with van der Waals surface area (Å²) in [4.78, 5) is 0. The Labute approximate surface area is 128 Å². The third kappa shape index (κ3) is 2.66. The average molecular weight is 298 g/mol. The second-order valence-corrected chi connectivity index (χ2v) is 8.83. The Balaban J connectivity index is 1.75. The normalized spacial score (nSPS) is 45.5. The lowest BCUT2D eigenvalue weighted by Crippen LogP contribution is -2.60. The second kappa shape index (κ2) is 5.81. The lowest BCUT2D eigenvalue weighted by molar-refractivity contribution is -0.123. The molecule has 0 aromatic rings. The summed E-state index contributed by atoms with van der Waals surface area (Å²) in [6, 6.07) is 0. The van der Waals surface area contributed by atoms with Crippen LogP contribution in [0.15, 0.2) is 0 Å². The third-order valence-electron chi connectivity index (χ3n) is 6.63. The van der Waals surface area contributed by atoms with Gasteiger partial charge < -0.3 is 10.5 Å². The lowest BCUT2D eigenvalue weighted by atomic mass is 9.59. The van der Waals surface area contributed by atoms with Crippen molar-refractivity contribution in [1.29, 1.82) is 0 Å². The van der Waals surface area contributed by atoms with Crippen LogP contribution in [-0.4, -0.2) is 29.3 Å². The topological polar surface area (TPSA) is 35.2 Å². The zero-order valence-corrected chi connectivity index (χ0v) is 14.0. The molecule has 4 atom stereocenters. The van der Waals surface area contributed by atoms with E-state index >= 15 is 0 Å². The summed E-state index contributed by atoms with van der Waals surface area (Å²) < 4.78 is 6.27. The summed E-state index contributed by atoms with van der Waals surface area (Å²) >= 11 is 2.09. The first kappa shape index (κ1) is 15.2. The number of nitrogens with two attached hydrogens (primary N) is 1. The van der Waals surface area contributed by atoms with Crippen molar-refractivity contribution in [2.24, 2.45) is 23.5 Å². The number of thioether (sulfide) groups is 1. The van der Waals surface area contributed by atoms with Crippen molar-refractivity contribution in [2.75, 3.05) is 18.1 Å². The Hall–Kier alpha value is 0.270. The van der Waals surface area contributed by atoms with Crippen molar-refractivity contribution in [3.63, 3.8) is 0 Å². The Morgan fingerprint density at radius 3 is 2.60 bits per heavy atom. The molecule has 3 heteroatoms. The first-order valence-corrected chi connectivity index (χ1v) is 9.72. The van der Waals surface area contributed by atoms with Gasteiger partial charge in [-0.05, 0) is 61.4 Å². The smallest absolute Gasteiger partial charge is 0.0701 e. The van der Waals surface area contributed by atoms with E-state index in [4.69, 9.17) is 10.5 Å². The molecule has 0 aromatic heterocycles. The van der Waals surface area contributed by atoms with E-state index in [9.17, 15) is 0 Å². The summed E-state index contributed by atoms with van der Waals surface area (Å²) in [5.41, 5.74) is 7.25. The average Bonchev–Trinajstić information content (AvgIpc) is 2.46. The number of hydrogen-bond donors (Lipinski definition) is 1. The van der Waals surface area contributed by atoms with Crippen LogP contribution in [0.5, 0.6) is 0 Å². The predicted molar refractivity (Wildman–Crippen MR) is 87.1 cm³/mol. The molecule has 1 aliphatic carbocycles. The molecule has 4 unspecified atom stereocenters. The molecular formula is C17H31NOS. The van der Waals surface area contributed by atoms with E-state index in [2.05, 4.69) is 25.6 Å². The maximum atomic E-state index is 7.00. The fourth-order valence-electron chi connectivity index (χ4n) is 4.89. The molecule has 3 fully saturated rings. The summed E-state index contributed by atoms with van der Waals surface area (Å²) in [6.07, 6.45) is 8.81. The zero-order chi connectivity index (χ0) is 14.2. The summed E-state index contributed by atoms with van der Waals surface area (Å²) in [6.45, 7) is 5.75. The summed E-state index contributed by atoms with van der Waals surface area (Å²) in [5.74, 6) is 4.67. The predicted octanol–water partition coefficient (Wildman–Crippen LogP) is 3.83. The largest absolute Gasteiger partial charge is 0.375 e. The highest BCUT2D eigenvalue weighted by Crippen LogP contribution is 2.48. The zero-order valence-electron chi connectivity index (χ0n) is 13.2. The molecule has 3 rings (SSSR count). The monoisotopic (exact) mass is 297 g/mol. The van der Waals surface area contributed by atoms with Crippen LogP contribution in [0.2, 0.25) is 0 Å². The summed E-state index contributed by atoms with van der Waals surface area (Å²) in [5, 5.41) is 0. The molecule has 0 aromatic carbocycles. The number of hydrogen-bond acceptors (Lipinski definition) is 3. The Kier molecular flexibility index (Phi) is 4.41. The van der Waals surface area contributed by atoms with E-state index in [0.717, 1.165) is 12.5 Å². The Morgan fingerprint density at radius 1 is 1.10 bits per heavy atom. The van der Waals surface area contributed by atoms with Gasteiger partial charge in [0.25, 0.3) is 0 Å². The van der Waals surface area contributed by atoms with Crippen LogP contribution >= 0.6 is 11.8 Å². The molecule has 2 heterocycles. The highest BCUT2D eigenvalue weighted by molar-refractivity contribution is 7.99. The quantitative estimate of drug-likeness (QED) is 0.799. The minimum Gasteiger partial charge on any atom is -0.375 e. The maximum absolute atomic E-state index is 7.00. The van der Waals surface area contributed by atoms with Gasteiger partial charge in [-0.2, -0.15) is 11.8 Å². The van der Waals surface area contributed by atoms with Crippen molar-refractivity contribution in [3.05, 3.63) is 0 Å². The molecule has 2 aliphatic heterocycles. The van der Waals surface area contributed by atoms with Crippen molar-refractivity contribution >= 4 is 11.8 Å². The van der Waals surface area contributed by atoms with Gasteiger partial charge in [0.2, 0.25) is 0 Å². The van der Waals surface area contributed by atoms with Crippen LogP contribution in [0.3, 0.4) is 0 Å². The molecular weight excluding hydrogens is 266 g/mol. The van der Waals surface area contributed by atoms with Gasteiger partial charge in [0.15, 0.2) is 0 Å². The number of rotatable bonds is 1. The fourth-order valence-corrected chi connectivity index (χ4v) is 6.13. The number of ether oxygens (including phenoxy) is 1. The van der Waals surface area contributed by atoms with Crippen LogP contribution < -0.4 is 5.73 Å². The third-order valence-corrected chi connectivity index (χ3v) is 7.61. The van der Waals surface area contributed by atoms with Crippen LogP contribution in [0.1, 0.15) is 58.8 Å². The van der Waals surface area contributed by atoms with Gasteiger partial charge in [-0.15, -0.1) is 0 Å². The maximum Gasteiger partial charge on any atom is 0.0701 e. The van der Waals surface area contributed by atoms with Crippen molar-refractivity contribution in [2.45, 2.75) is 69.9 Å². The van der Waals surface area contributed by atoms with Gasteiger partial charge in [-0.3, -0.25) is 0 Å². The molecule has 1 spiro atoms. The minimum atomic E-state index is 0.0685. The molecule has 2 saturated heterocycles. The molecule has 0 bridgehead atoms. The molecule has 1 saturated carbocycles. The highest BCUT2D eigenvalue weighted by Gasteiger charge is 2.49. The molecule has 20 heavy (non-hydrogen) atoms. The van der Waals surface area contributed by atoms with Gasteiger partial charge >= 0.3 is 0 Å². The van der Waals surface area contributed by atoms with E-state index < -0.39 is 0 Å². The van der Waals surface area contributed by atoms with Gasteiger partial charge in [0.05, 0.1) is 5.60 Å². The lowest BCUT2D eigenvalue weighted by Gasteiger charge is -2.53. The van der Waals surface area contributed by atoms with Crippen LogP contribution in [-0.2, 0) is 4.74 Å². The van der Waals surface area contributed by atoms with Gasteiger partial charge in [-0.25, -0.2) is 0 Å². The molecule has 0 amide bonds. The fraction of sp³-hybridized carbons (Fsp3) is 1.00. The standard InChI is InChI=1S/C17H31NOS/c1-13-4-3-6-17(18,14(13)2)15-5-9-19-16(12-15)7-10-20-11-8-16/h13-15H,3-12,18H2,1-2H3. The first-order chi connectivity index (χ1) is 9.56. The van der Waals surface area contributed by atoms with Gasteiger partial charge in [0.1, 0.15) is 0 Å². The van der Waals surface area contributed by atoms with E-state index in [-0.39, 0.29) is 11.1 Å². The van der Waals surface area contributed by atoms with E-state index in [1.165, 1.54) is 56.5 Å². The molecule has 0 radical (unpaired) electrons. The van der Waals surface area contributed by atoms with E-state index in [1.54, 1.807) is 0 Å². The van der Waals surface area contributed by atoms with Crippen molar-refractivity contribution in [3.8, 4) is 0 Å². The molecule has 3 aliphatic rings.